The first-order valence-corrected chi connectivity index (χ1v) is 18.7. The molecule has 1 heterocycles. The Kier molecular flexibility index (Phi) is 6.87. The van der Waals surface area contributed by atoms with Crippen molar-refractivity contribution in [1.82, 2.24) is 9.97 Å². The molecule has 0 N–H and O–H groups in total. The maximum atomic E-state index is 5.36. The fourth-order valence-corrected chi connectivity index (χ4v) is 9.16. The first-order chi connectivity index (χ1) is 26.8. The van der Waals surface area contributed by atoms with Crippen LogP contribution in [0.15, 0.2) is 200 Å². The van der Waals surface area contributed by atoms with E-state index in [0.29, 0.717) is 5.82 Å². The van der Waals surface area contributed by atoms with Crippen LogP contribution < -0.4 is 0 Å². The number of nitrogens with zero attached hydrogens (tertiary/aromatic N) is 2. The molecule has 2 nitrogen and oxygen atoms in total. The van der Waals surface area contributed by atoms with Gasteiger partial charge in [0.05, 0.1) is 16.8 Å². The number of hydrogen-bond donors (Lipinski definition) is 0. The van der Waals surface area contributed by atoms with Gasteiger partial charge in [-0.2, -0.15) is 0 Å². The van der Waals surface area contributed by atoms with Gasteiger partial charge < -0.3 is 0 Å². The highest BCUT2D eigenvalue weighted by molar-refractivity contribution is 5.98. The van der Waals surface area contributed by atoms with Gasteiger partial charge in [-0.15, -0.1) is 0 Å². The second kappa shape index (κ2) is 12.1. The summed E-state index contributed by atoms with van der Waals surface area (Å²) in [4.78, 5) is 10.6. The summed E-state index contributed by atoms with van der Waals surface area (Å²) in [5, 5.41) is 2.37. The number of hydrogen-bond acceptors (Lipinski definition) is 2. The predicted molar refractivity (Wildman–Crippen MR) is 223 cm³/mol. The first-order valence-electron chi connectivity index (χ1n) is 18.7. The van der Waals surface area contributed by atoms with Gasteiger partial charge in [-0.25, -0.2) is 9.97 Å². The van der Waals surface area contributed by atoms with Gasteiger partial charge in [0.25, 0.3) is 0 Å². The summed E-state index contributed by atoms with van der Waals surface area (Å²) in [6.07, 6.45) is 9.90. The SMILES string of the molecule is C1=CCC2=C(C=C1)c1ccc(-c3cc(-c4ccc(-c5ccccc5)cc4)nc(-c4ccc5ccccc5c4)n3)cc1C21c2ccccc2-c2ccccc21. The summed E-state index contributed by atoms with van der Waals surface area (Å²) >= 11 is 0. The molecule has 0 fully saturated rings. The van der Waals surface area contributed by atoms with E-state index in [4.69, 9.17) is 9.97 Å². The lowest BCUT2D eigenvalue weighted by Gasteiger charge is -2.32. The van der Waals surface area contributed by atoms with Crippen LogP contribution in [0.25, 0.3) is 72.5 Å². The quantitative estimate of drug-likeness (QED) is 0.184. The number of benzene rings is 7. The van der Waals surface area contributed by atoms with E-state index in [-0.39, 0.29) is 0 Å². The normalized spacial score (nSPS) is 14.5. The molecule has 252 valence electrons. The molecule has 2 heteroatoms. The smallest absolute Gasteiger partial charge is 0.160 e. The van der Waals surface area contributed by atoms with Crippen molar-refractivity contribution in [2.24, 2.45) is 0 Å². The second-order valence-corrected chi connectivity index (χ2v) is 14.5. The van der Waals surface area contributed by atoms with Crippen LogP contribution in [-0.2, 0) is 5.41 Å². The molecule has 1 spiro atoms. The first kappa shape index (κ1) is 30.7. The highest BCUT2D eigenvalue weighted by Crippen LogP contribution is 2.63. The molecule has 0 atom stereocenters. The lowest BCUT2D eigenvalue weighted by molar-refractivity contribution is 0.747. The minimum absolute atomic E-state index is 0.392. The van der Waals surface area contributed by atoms with Crippen molar-refractivity contribution in [3.63, 3.8) is 0 Å². The molecule has 0 bridgehead atoms. The number of allylic oxidation sites excluding steroid dienone is 6. The summed E-state index contributed by atoms with van der Waals surface area (Å²) in [7, 11) is 0. The Morgan fingerprint density at radius 1 is 0.407 bits per heavy atom. The van der Waals surface area contributed by atoms with Crippen molar-refractivity contribution < 1.29 is 0 Å². The molecular weight excluding hydrogens is 653 g/mol. The van der Waals surface area contributed by atoms with Crippen molar-refractivity contribution >= 4 is 16.3 Å². The predicted octanol–water partition coefficient (Wildman–Crippen LogP) is 12.9. The summed E-state index contributed by atoms with van der Waals surface area (Å²) in [6.45, 7) is 0. The van der Waals surface area contributed by atoms with E-state index in [1.165, 1.54) is 66.4 Å². The third kappa shape index (κ3) is 4.60. The van der Waals surface area contributed by atoms with Gasteiger partial charge >= 0.3 is 0 Å². The molecule has 0 amide bonds. The molecule has 3 aliphatic rings. The van der Waals surface area contributed by atoms with Gasteiger partial charge in [-0.05, 0) is 91.0 Å². The van der Waals surface area contributed by atoms with E-state index >= 15 is 0 Å². The van der Waals surface area contributed by atoms with Crippen LogP contribution in [0.4, 0.5) is 0 Å². The summed E-state index contributed by atoms with van der Waals surface area (Å²) < 4.78 is 0. The molecule has 54 heavy (non-hydrogen) atoms. The van der Waals surface area contributed by atoms with Crippen LogP contribution in [0.1, 0.15) is 28.7 Å². The summed E-state index contributed by atoms with van der Waals surface area (Å²) in [5.74, 6) is 0.717. The van der Waals surface area contributed by atoms with E-state index in [2.05, 4.69) is 194 Å². The molecule has 1 aromatic heterocycles. The molecule has 0 radical (unpaired) electrons. The van der Waals surface area contributed by atoms with Gasteiger partial charge in [-0.1, -0.05) is 176 Å². The van der Waals surface area contributed by atoms with Crippen molar-refractivity contribution in [2.75, 3.05) is 0 Å². The van der Waals surface area contributed by atoms with Crippen LogP contribution in [0.3, 0.4) is 0 Å². The average Bonchev–Trinajstić information content (AvgIpc) is 3.54. The summed E-state index contributed by atoms with van der Waals surface area (Å²) in [5.41, 5.74) is 17.7. The van der Waals surface area contributed by atoms with E-state index in [0.717, 1.165) is 34.5 Å². The van der Waals surface area contributed by atoms with Crippen molar-refractivity contribution in [3.05, 3.63) is 222 Å². The van der Waals surface area contributed by atoms with E-state index in [1.807, 2.05) is 0 Å². The third-order valence-electron chi connectivity index (χ3n) is 11.6. The average molecular weight is 687 g/mol. The van der Waals surface area contributed by atoms with Crippen LogP contribution in [0.5, 0.6) is 0 Å². The number of fused-ring (bicyclic) bond motifs is 10. The third-order valence-corrected chi connectivity index (χ3v) is 11.6. The molecule has 11 rings (SSSR count). The lowest BCUT2D eigenvalue weighted by atomic mass is 9.68. The maximum absolute atomic E-state index is 5.36. The topological polar surface area (TPSA) is 25.8 Å². The van der Waals surface area contributed by atoms with E-state index < -0.39 is 5.41 Å². The molecule has 0 saturated carbocycles. The number of rotatable bonds is 4. The Balaban J connectivity index is 1.12. The minimum Gasteiger partial charge on any atom is -0.228 e. The molecular formula is C52H34N2. The van der Waals surface area contributed by atoms with Crippen LogP contribution in [0, 0.1) is 0 Å². The van der Waals surface area contributed by atoms with Gasteiger partial charge in [0, 0.05) is 16.7 Å². The highest BCUT2D eigenvalue weighted by atomic mass is 14.9. The fourth-order valence-electron chi connectivity index (χ4n) is 9.16. The standard InChI is InChI=1S/C52H34N2/c1-3-13-34(14-4-1)36-23-26-37(27-24-36)49-33-50(54-51(53-49)40-28-25-35-15-7-8-16-38(35)31-40)39-29-30-44-43-17-5-2-6-20-45(43)52(48(44)32-39)46-21-11-9-18-41(46)42-19-10-12-22-47(42)52/h1-19,21-33H,20H2. The van der Waals surface area contributed by atoms with Crippen LogP contribution in [0.2, 0.25) is 0 Å². The highest BCUT2D eigenvalue weighted by Gasteiger charge is 2.52. The van der Waals surface area contributed by atoms with Crippen LogP contribution >= 0.6 is 0 Å². The largest absolute Gasteiger partial charge is 0.228 e. The van der Waals surface area contributed by atoms with Gasteiger partial charge in [-0.3, -0.25) is 0 Å². The van der Waals surface area contributed by atoms with Gasteiger partial charge in [0.15, 0.2) is 5.82 Å². The molecule has 8 aromatic rings. The monoisotopic (exact) mass is 686 g/mol. The Morgan fingerprint density at radius 2 is 1.02 bits per heavy atom. The Labute approximate surface area is 315 Å². The van der Waals surface area contributed by atoms with Gasteiger partial charge in [0.2, 0.25) is 0 Å². The molecule has 0 aliphatic heterocycles. The van der Waals surface area contributed by atoms with E-state index in [9.17, 15) is 0 Å². The van der Waals surface area contributed by atoms with E-state index in [1.54, 1.807) is 0 Å². The van der Waals surface area contributed by atoms with Crippen molar-refractivity contribution in [1.29, 1.82) is 0 Å². The molecule has 7 aromatic carbocycles. The van der Waals surface area contributed by atoms with Crippen molar-refractivity contribution in [3.8, 4) is 56.2 Å². The molecule has 0 saturated heterocycles. The lowest BCUT2D eigenvalue weighted by Crippen LogP contribution is -2.27. The van der Waals surface area contributed by atoms with Crippen LogP contribution in [-0.4, -0.2) is 9.97 Å². The Morgan fingerprint density at radius 3 is 1.80 bits per heavy atom. The summed E-state index contributed by atoms with van der Waals surface area (Å²) in [6, 6.07) is 61.5. The van der Waals surface area contributed by atoms with Gasteiger partial charge in [0.1, 0.15) is 0 Å². The zero-order valence-electron chi connectivity index (χ0n) is 29.6. The minimum atomic E-state index is -0.392. The Bertz CT molecular complexity index is 2850. The second-order valence-electron chi connectivity index (χ2n) is 14.5. The zero-order chi connectivity index (χ0) is 35.6. The molecule has 3 aliphatic carbocycles. The molecule has 0 unspecified atom stereocenters. The van der Waals surface area contributed by atoms with Crippen molar-refractivity contribution in [2.45, 2.75) is 11.8 Å². The number of aromatic nitrogens is 2. The fraction of sp³-hybridized carbons (Fsp3) is 0.0385. The zero-order valence-corrected chi connectivity index (χ0v) is 29.6. The Hall–Kier alpha value is -6.90. The maximum Gasteiger partial charge on any atom is 0.160 e.